The summed E-state index contributed by atoms with van der Waals surface area (Å²) in [6.45, 7) is 0.576. The number of aromatic nitrogens is 4. The molecule has 0 atom stereocenters. The molecule has 3 aromatic rings. The number of nitrogens with two attached hydrogens (primary N) is 1. The predicted octanol–water partition coefficient (Wildman–Crippen LogP) is 2.08. The second-order valence-corrected chi connectivity index (χ2v) is 6.54. The molecule has 1 aliphatic rings. The van der Waals surface area contributed by atoms with Crippen LogP contribution in [0.1, 0.15) is 12.1 Å². The van der Waals surface area contributed by atoms with E-state index in [-0.39, 0.29) is 23.8 Å². The highest BCUT2D eigenvalue weighted by Crippen LogP contribution is 2.34. The smallest absolute Gasteiger partial charge is 0.407 e. The zero-order valence-corrected chi connectivity index (χ0v) is 15.8. The summed E-state index contributed by atoms with van der Waals surface area (Å²) >= 11 is 0. The van der Waals surface area contributed by atoms with Crippen LogP contribution in [0.4, 0.5) is 16.3 Å². The van der Waals surface area contributed by atoms with Crippen LogP contribution in [0.15, 0.2) is 30.6 Å². The number of nitrogens with zero attached hydrogens (tertiary/aromatic N) is 6. The fraction of sp³-hybridized carbons (Fsp3) is 0.222. The number of hydrogen-bond acceptors (Lipinski definition) is 8. The van der Waals surface area contributed by atoms with Gasteiger partial charge in [-0.1, -0.05) is 6.08 Å². The molecule has 4 rings (SSSR count). The highest BCUT2D eigenvalue weighted by Gasteiger charge is 2.24. The third kappa shape index (κ3) is 3.13. The molecular formula is C18H17N7O5. The second-order valence-electron chi connectivity index (χ2n) is 6.54. The molecule has 30 heavy (non-hydrogen) atoms. The van der Waals surface area contributed by atoms with Crippen molar-refractivity contribution >= 4 is 34.2 Å². The quantitative estimate of drug-likeness (QED) is 0.483. The minimum absolute atomic E-state index is 0.0760. The Balaban J connectivity index is 1.87. The normalized spacial score (nSPS) is 13.9. The molecule has 0 saturated carbocycles. The third-order valence-electron chi connectivity index (χ3n) is 4.88. The molecule has 154 valence electrons. The van der Waals surface area contributed by atoms with Crippen molar-refractivity contribution in [3.8, 4) is 11.4 Å². The van der Waals surface area contributed by atoms with Crippen molar-refractivity contribution in [1.29, 1.82) is 0 Å². The van der Waals surface area contributed by atoms with Gasteiger partial charge in [0.1, 0.15) is 23.1 Å². The largest absolute Gasteiger partial charge is 0.490 e. The summed E-state index contributed by atoms with van der Waals surface area (Å²) < 4.78 is 6.66. The molecule has 3 N–H and O–H groups in total. The lowest BCUT2D eigenvalue weighted by Gasteiger charge is -2.22. The van der Waals surface area contributed by atoms with Crippen molar-refractivity contribution in [2.75, 3.05) is 25.9 Å². The van der Waals surface area contributed by atoms with Crippen LogP contribution in [0.2, 0.25) is 0 Å². The van der Waals surface area contributed by atoms with Gasteiger partial charge in [-0.15, -0.1) is 0 Å². The SMILES string of the molecule is COc1cc(-n2nc(C3=CCN(C(=O)O)CC3)c3ncnc(N)c32)ccc1[N+](=O)[O-]. The molecule has 3 heterocycles. The van der Waals surface area contributed by atoms with Gasteiger partial charge in [0.25, 0.3) is 0 Å². The fourth-order valence-corrected chi connectivity index (χ4v) is 3.38. The maximum Gasteiger partial charge on any atom is 0.407 e. The van der Waals surface area contributed by atoms with Gasteiger partial charge in [0.2, 0.25) is 0 Å². The average Bonchev–Trinajstić information content (AvgIpc) is 3.14. The monoisotopic (exact) mass is 411 g/mol. The molecule has 0 radical (unpaired) electrons. The van der Waals surface area contributed by atoms with Crippen molar-refractivity contribution in [1.82, 2.24) is 24.6 Å². The fourth-order valence-electron chi connectivity index (χ4n) is 3.38. The van der Waals surface area contributed by atoms with Gasteiger partial charge in [0, 0.05) is 25.2 Å². The highest BCUT2D eigenvalue weighted by molar-refractivity contribution is 5.94. The van der Waals surface area contributed by atoms with Crippen molar-refractivity contribution < 1.29 is 19.6 Å². The van der Waals surface area contributed by atoms with Gasteiger partial charge in [-0.05, 0) is 18.1 Å². The Hall–Kier alpha value is -4.22. The standard InChI is InChI=1S/C18H17N7O5/c1-30-13-8-11(2-3-12(13)25(28)29)24-16-15(20-9-21-17(16)19)14(22-24)10-4-6-23(7-5-10)18(26)27/h2-4,8-9H,5-7H2,1H3,(H,26,27)(H2,19,20,21). The van der Waals surface area contributed by atoms with Crippen LogP contribution in [0.5, 0.6) is 5.75 Å². The zero-order chi connectivity index (χ0) is 21.4. The summed E-state index contributed by atoms with van der Waals surface area (Å²) in [5.74, 6) is 0.270. The molecule has 1 aromatic carbocycles. The van der Waals surface area contributed by atoms with E-state index in [0.717, 1.165) is 5.57 Å². The molecule has 1 amide bonds. The van der Waals surface area contributed by atoms with Crippen LogP contribution in [-0.4, -0.2) is 61.0 Å². The molecule has 0 saturated heterocycles. The van der Waals surface area contributed by atoms with Crippen molar-refractivity contribution in [2.24, 2.45) is 0 Å². The number of anilines is 1. The van der Waals surface area contributed by atoms with Gasteiger partial charge in [0.15, 0.2) is 11.6 Å². The van der Waals surface area contributed by atoms with Gasteiger partial charge in [-0.25, -0.2) is 19.4 Å². The van der Waals surface area contributed by atoms with E-state index in [0.29, 0.717) is 35.4 Å². The van der Waals surface area contributed by atoms with Crippen molar-refractivity contribution in [2.45, 2.75) is 6.42 Å². The molecule has 1 aliphatic heterocycles. The Morgan fingerprint density at radius 2 is 2.17 bits per heavy atom. The van der Waals surface area contributed by atoms with E-state index < -0.39 is 11.0 Å². The van der Waals surface area contributed by atoms with E-state index in [1.165, 1.54) is 41.2 Å². The van der Waals surface area contributed by atoms with Crippen LogP contribution < -0.4 is 10.5 Å². The Morgan fingerprint density at radius 1 is 1.37 bits per heavy atom. The number of rotatable bonds is 4. The number of nitrogen functional groups attached to an aromatic ring is 1. The van der Waals surface area contributed by atoms with Crippen LogP contribution >= 0.6 is 0 Å². The predicted molar refractivity (Wildman–Crippen MR) is 106 cm³/mol. The number of methoxy groups -OCH3 is 1. The Bertz CT molecular complexity index is 1200. The number of ether oxygens (including phenoxy) is 1. The van der Waals surface area contributed by atoms with E-state index in [9.17, 15) is 14.9 Å². The molecule has 0 spiro atoms. The third-order valence-corrected chi connectivity index (χ3v) is 4.88. The maximum absolute atomic E-state index is 11.2. The van der Waals surface area contributed by atoms with E-state index in [1.807, 2.05) is 0 Å². The molecule has 12 heteroatoms. The number of carboxylic acid groups (broad SMARTS) is 1. The topological polar surface area (TPSA) is 163 Å². The first-order chi connectivity index (χ1) is 14.4. The summed E-state index contributed by atoms with van der Waals surface area (Å²) in [5, 5.41) is 25.0. The number of hydrogen-bond donors (Lipinski definition) is 2. The van der Waals surface area contributed by atoms with Crippen molar-refractivity contribution in [3.05, 3.63) is 46.4 Å². The van der Waals surface area contributed by atoms with E-state index in [1.54, 1.807) is 6.08 Å². The number of carbonyl (C=O) groups is 1. The van der Waals surface area contributed by atoms with E-state index in [2.05, 4.69) is 15.1 Å². The Morgan fingerprint density at radius 3 is 2.80 bits per heavy atom. The first-order valence-electron chi connectivity index (χ1n) is 8.90. The van der Waals surface area contributed by atoms with Crippen LogP contribution in [0, 0.1) is 10.1 Å². The van der Waals surface area contributed by atoms with Gasteiger partial charge in [-0.3, -0.25) is 10.1 Å². The molecule has 0 bridgehead atoms. The number of amides is 1. The number of benzene rings is 1. The molecular weight excluding hydrogens is 394 g/mol. The lowest BCUT2D eigenvalue weighted by molar-refractivity contribution is -0.385. The van der Waals surface area contributed by atoms with E-state index >= 15 is 0 Å². The Labute approximate surface area is 169 Å². The lowest BCUT2D eigenvalue weighted by Crippen LogP contribution is -2.33. The first kappa shape index (κ1) is 19.1. The van der Waals surface area contributed by atoms with Crippen LogP contribution in [0.25, 0.3) is 22.3 Å². The van der Waals surface area contributed by atoms with Gasteiger partial charge in [0.05, 0.1) is 17.7 Å². The summed E-state index contributed by atoms with van der Waals surface area (Å²) in [7, 11) is 1.34. The van der Waals surface area contributed by atoms with Gasteiger partial charge >= 0.3 is 11.8 Å². The molecule has 0 aliphatic carbocycles. The van der Waals surface area contributed by atoms with Gasteiger partial charge in [-0.2, -0.15) is 5.10 Å². The average molecular weight is 411 g/mol. The van der Waals surface area contributed by atoms with Crippen LogP contribution in [0.3, 0.4) is 0 Å². The minimum atomic E-state index is -0.981. The lowest BCUT2D eigenvalue weighted by atomic mass is 10.0. The minimum Gasteiger partial charge on any atom is -0.490 e. The summed E-state index contributed by atoms with van der Waals surface area (Å²) in [6.07, 6.45) is 2.60. The molecule has 0 unspecified atom stereocenters. The second kappa shape index (κ2) is 7.31. The van der Waals surface area contributed by atoms with Gasteiger partial charge < -0.3 is 20.5 Å². The first-order valence-corrected chi connectivity index (χ1v) is 8.90. The number of nitro benzene ring substituents is 1. The molecule has 12 nitrogen and oxygen atoms in total. The van der Waals surface area contributed by atoms with E-state index in [4.69, 9.17) is 15.6 Å². The van der Waals surface area contributed by atoms with Crippen LogP contribution in [-0.2, 0) is 0 Å². The van der Waals surface area contributed by atoms with Crippen molar-refractivity contribution in [3.63, 3.8) is 0 Å². The Kier molecular flexibility index (Phi) is 4.66. The zero-order valence-electron chi connectivity index (χ0n) is 15.8. The summed E-state index contributed by atoms with van der Waals surface area (Å²) in [6, 6.07) is 4.35. The highest BCUT2D eigenvalue weighted by atomic mass is 16.6. The summed E-state index contributed by atoms with van der Waals surface area (Å²) in [5.41, 5.74) is 8.75. The number of fused-ring (bicyclic) bond motifs is 1. The number of nitro groups is 1. The summed E-state index contributed by atoms with van der Waals surface area (Å²) in [4.78, 5) is 31.5. The maximum atomic E-state index is 11.2. The molecule has 0 fully saturated rings. The molecule has 2 aromatic heterocycles.